The van der Waals surface area contributed by atoms with Crippen LogP contribution < -0.4 is 10.9 Å². The summed E-state index contributed by atoms with van der Waals surface area (Å²) in [5.74, 6) is -0.307. The summed E-state index contributed by atoms with van der Waals surface area (Å²) in [6, 6.07) is 2.75. The lowest BCUT2D eigenvalue weighted by Gasteiger charge is -1.99. The molecular formula is C9H6BrN3O2S. The summed E-state index contributed by atoms with van der Waals surface area (Å²) in [5, 5.41) is 3.12. The van der Waals surface area contributed by atoms with Crippen molar-refractivity contribution in [1.29, 1.82) is 0 Å². The smallest absolute Gasteiger partial charge is 0.258 e. The zero-order chi connectivity index (χ0) is 11.5. The molecule has 7 heteroatoms. The largest absolute Gasteiger partial charge is 0.328 e. The van der Waals surface area contributed by atoms with Crippen LogP contribution in [0.4, 0.5) is 5.13 Å². The number of carbonyl (C=O) groups excluding carboxylic acids is 1. The highest BCUT2D eigenvalue weighted by molar-refractivity contribution is 9.11. The fourth-order valence-electron chi connectivity index (χ4n) is 1.03. The first-order valence-corrected chi connectivity index (χ1v) is 5.87. The van der Waals surface area contributed by atoms with Gasteiger partial charge in [0.25, 0.3) is 5.91 Å². The van der Waals surface area contributed by atoms with Crippen molar-refractivity contribution in [3.63, 3.8) is 0 Å². The lowest BCUT2D eigenvalue weighted by molar-refractivity contribution is 0.102. The summed E-state index contributed by atoms with van der Waals surface area (Å²) >= 11 is 4.56. The molecule has 0 unspecified atom stereocenters. The van der Waals surface area contributed by atoms with E-state index >= 15 is 0 Å². The average Bonchev–Trinajstić information content (AvgIpc) is 2.65. The van der Waals surface area contributed by atoms with Crippen molar-refractivity contribution < 1.29 is 4.79 Å². The molecule has 0 spiro atoms. The quantitative estimate of drug-likeness (QED) is 0.888. The average molecular weight is 300 g/mol. The number of hydrogen-bond acceptors (Lipinski definition) is 4. The van der Waals surface area contributed by atoms with Gasteiger partial charge in [0.2, 0.25) is 5.56 Å². The van der Waals surface area contributed by atoms with Gasteiger partial charge in [-0.25, -0.2) is 4.98 Å². The summed E-state index contributed by atoms with van der Waals surface area (Å²) in [6.45, 7) is 0. The maximum Gasteiger partial charge on any atom is 0.258 e. The van der Waals surface area contributed by atoms with Crippen molar-refractivity contribution in [1.82, 2.24) is 9.97 Å². The maximum atomic E-state index is 11.7. The molecule has 0 saturated carbocycles. The standard InChI is InChI=1S/C9H6BrN3O2S/c10-6-4-12-9(16-6)13-8(15)5-1-2-7(14)11-3-5/h1-4H,(H,11,14)(H,12,13,15). The molecular weight excluding hydrogens is 294 g/mol. The number of aromatic nitrogens is 2. The monoisotopic (exact) mass is 299 g/mol. The first kappa shape index (κ1) is 11.0. The van der Waals surface area contributed by atoms with Crippen molar-refractivity contribution in [3.8, 4) is 0 Å². The predicted molar refractivity (Wildman–Crippen MR) is 64.8 cm³/mol. The lowest BCUT2D eigenvalue weighted by atomic mass is 10.3. The second kappa shape index (κ2) is 4.58. The minimum absolute atomic E-state index is 0.242. The Labute approximate surface area is 103 Å². The number of hydrogen-bond donors (Lipinski definition) is 2. The van der Waals surface area contributed by atoms with Crippen LogP contribution in [0.25, 0.3) is 0 Å². The van der Waals surface area contributed by atoms with E-state index in [4.69, 9.17) is 0 Å². The Morgan fingerprint density at radius 2 is 2.31 bits per heavy atom. The third kappa shape index (κ3) is 2.56. The number of anilines is 1. The molecule has 1 amide bonds. The number of aromatic amines is 1. The van der Waals surface area contributed by atoms with E-state index in [1.54, 1.807) is 6.20 Å². The van der Waals surface area contributed by atoms with E-state index in [1.807, 2.05) is 0 Å². The number of nitrogens with zero attached hydrogens (tertiary/aromatic N) is 1. The zero-order valence-electron chi connectivity index (χ0n) is 7.86. The maximum absolute atomic E-state index is 11.7. The zero-order valence-corrected chi connectivity index (χ0v) is 10.3. The molecule has 2 heterocycles. The van der Waals surface area contributed by atoms with E-state index in [0.29, 0.717) is 10.7 Å². The normalized spacial score (nSPS) is 10.1. The first-order chi connectivity index (χ1) is 7.65. The Morgan fingerprint density at radius 1 is 1.50 bits per heavy atom. The number of rotatable bonds is 2. The van der Waals surface area contributed by atoms with Crippen LogP contribution in [0.3, 0.4) is 0 Å². The van der Waals surface area contributed by atoms with Crippen LogP contribution >= 0.6 is 27.3 Å². The highest BCUT2D eigenvalue weighted by Gasteiger charge is 2.08. The predicted octanol–water partition coefficient (Wildman–Crippen LogP) is 1.85. The summed E-state index contributed by atoms with van der Waals surface area (Å²) in [7, 11) is 0. The Hall–Kier alpha value is -1.47. The van der Waals surface area contributed by atoms with E-state index in [9.17, 15) is 9.59 Å². The number of amides is 1. The van der Waals surface area contributed by atoms with Crippen molar-refractivity contribution in [2.45, 2.75) is 0 Å². The number of carbonyl (C=O) groups is 1. The lowest BCUT2D eigenvalue weighted by Crippen LogP contribution is -2.14. The van der Waals surface area contributed by atoms with Gasteiger partial charge in [-0.3, -0.25) is 14.9 Å². The van der Waals surface area contributed by atoms with Crippen molar-refractivity contribution in [3.05, 3.63) is 44.2 Å². The first-order valence-electron chi connectivity index (χ1n) is 4.26. The van der Waals surface area contributed by atoms with Crippen LogP contribution in [0.15, 0.2) is 33.1 Å². The van der Waals surface area contributed by atoms with Crippen molar-refractivity contribution in [2.75, 3.05) is 5.32 Å². The summed E-state index contributed by atoms with van der Waals surface area (Å²) in [6.07, 6.45) is 2.97. The minimum atomic E-state index is -0.307. The van der Waals surface area contributed by atoms with Crippen LogP contribution in [-0.2, 0) is 0 Å². The van der Waals surface area contributed by atoms with Gasteiger partial charge >= 0.3 is 0 Å². The number of halogens is 1. The molecule has 16 heavy (non-hydrogen) atoms. The number of nitrogens with one attached hydrogen (secondary N) is 2. The Bertz CT molecular complexity index is 558. The molecule has 0 bridgehead atoms. The fraction of sp³-hybridized carbons (Fsp3) is 0. The van der Waals surface area contributed by atoms with Gasteiger partial charge in [-0.05, 0) is 22.0 Å². The Balaban J connectivity index is 2.14. The van der Waals surface area contributed by atoms with E-state index in [0.717, 1.165) is 3.79 Å². The number of thiazole rings is 1. The van der Waals surface area contributed by atoms with E-state index < -0.39 is 0 Å². The molecule has 5 nitrogen and oxygen atoms in total. The van der Waals surface area contributed by atoms with Crippen LogP contribution in [-0.4, -0.2) is 15.9 Å². The molecule has 2 aromatic heterocycles. The third-order valence-electron chi connectivity index (χ3n) is 1.74. The molecule has 82 valence electrons. The van der Waals surface area contributed by atoms with Gasteiger partial charge in [-0.1, -0.05) is 11.3 Å². The van der Waals surface area contributed by atoms with E-state index in [1.165, 1.54) is 29.7 Å². The SMILES string of the molecule is O=C(Nc1ncc(Br)s1)c1ccc(=O)[nH]c1. The molecule has 2 rings (SSSR count). The van der Waals surface area contributed by atoms with Crippen LogP contribution in [0, 0.1) is 0 Å². The van der Waals surface area contributed by atoms with Crippen LogP contribution in [0.5, 0.6) is 0 Å². The molecule has 0 aliphatic heterocycles. The fourth-order valence-corrected chi connectivity index (χ4v) is 2.13. The second-order valence-corrected chi connectivity index (χ2v) is 5.28. The van der Waals surface area contributed by atoms with Crippen molar-refractivity contribution >= 4 is 38.3 Å². The van der Waals surface area contributed by atoms with Gasteiger partial charge in [-0.2, -0.15) is 0 Å². The van der Waals surface area contributed by atoms with E-state index in [-0.39, 0.29) is 11.5 Å². The number of H-pyrrole nitrogens is 1. The molecule has 2 aromatic rings. The molecule has 0 radical (unpaired) electrons. The van der Waals surface area contributed by atoms with Gasteiger partial charge in [0, 0.05) is 12.3 Å². The topological polar surface area (TPSA) is 74.8 Å². The highest BCUT2D eigenvalue weighted by Crippen LogP contribution is 2.23. The molecule has 0 fully saturated rings. The van der Waals surface area contributed by atoms with Gasteiger partial charge in [0.1, 0.15) is 0 Å². The molecule has 0 aliphatic carbocycles. The minimum Gasteiger partial charge on any atom is -0.328 e. The molecule has 0 aliphatic rings. The van der Waals surface area contributed by atoms with Gasteiger partial charge < -0.3 is 4.98 Å². The summed E-state index contributed by atoms with van der Waals surface area (Å²) in [5.41, 5.74) is 0.138. The van der Waals surface area contributed by atoms with Crippen molar-refractivity contribution in [2.24, 2.45) is 0 Å². The molecule has 2 N–H and O–H groups in total. The Morgan fingerprint density at radius 3 is 2.88 bits per heavy atom. The number of pyridine rings is 1. The molecule has 0 atom stereocenters. The summed E-state index contributed by atoms with van der Waals surface area (Å²) in [4.78, 5) is 28.9. The Kier molecular flexibility index (Phi) is 3.16. The van der Waals surface area contributed by atoms with Crippen LogP contribution in [0.1, 0.15) is 10.4 Å². The van der Waals surface area contributed by atoms with Gasteiger partial charge in [0.15, 0.2) is 5.13 Å². The van der Waals surface area contributed by atoms with Gasteiger partial charge in [-0.15, -0.1) is 0 Å². The van der Waals surface area contributed by atoms with E-state index in [2.05, 4.69) is 31.2 Å². The third-order valence-corrected chi connectivity index (χ3v) is 3.14. The second-order valence-electron chi connectivity index (χ2n) is 2.87. The molecule has 0 saturated heterocycles. The van der Waals surface area contributed by atoms with Gasteiger partial charge in [0.05, 0.1) is 15.5 Å². The highest BCUT2D eigenvalue weighted by atomic mass is 79.9. The van der Waals surface area contributed by atoms with Crippen LogP contribution in [0.2, 0.25) is 0 Å². The summed E-state index contributed by atoms with van der Waals surface area (Å²) < 4.78 is 0.837. The molecule has 0 aromatic carbocycles.